The highest BCUT2D eigenvalue weighted by molar-refractivity contribution is 6.00. The van der Waals surface area contributed by atoms with Crippen molar-refractivity contribution < 1.29 is 14.3 Å². The van der Waals surface area contributed by atoms with Gasteiger partial charge in [-0.2, -0.15) is 0 Å². The summed E-state index contributed by atoms with van der Waals surface area (Å²) in [6.07, 6.45) is 3.53. The summed E-state index contributed by atoms with van der Waals surface area (Å²) in [5, 5.41) is 0. The van der Waals surface area contributed by atoms with Crippen LogP contribution in [0.15, 0.2) is 6.07 Å². The molecule has 0 fully saturated rings. The summed E-state index contributed by atoms with van der Waals surface area (Å²) in [5.41, 5.74) is 3.15. The van der Waals surface area contributed by atoms with Gasteiger partial charge in [0.15, 0.2) is 17.3 Å². The number of hydrogen-bond donors (Lipinski definition) is 0. The van der Waals surface area contributed by atoms with Crippen LogP contribution >= 0.6 is 0 Å². The lowest BCUT2D eigenvalue weighted by Gasteiger charge is -2.26. The summed E-state index contributed by atoms with van der Waals surface area (Å²) in [6, 6.07) is 1.85. The number of methoxy groups -OCH3 is 2. The maximum Gasteiger partial charge on any atom is 0.164 e. The molecule has 0 N–H and O–H groups in total. The Morgan fingerprint density at radius 1 is 1.26 bits per heavy atom. The van der Waals surface area contributed by atoms with E-state index in [1.807, 2.05) is 6.07 Å². The number of benzene rings is 1. The van der Waals surface area contributed by atoms with E-state index in [1.54, 1.807) is 14.2 Å². The van der Waals surface area contributed by atoms with Crippen molar-refractivity contribution in [2.75, 3.05) is 14.2 Å². The quantitative estimate of drug-likeness (QED) is 0.834. The molecule has 1 aromatic carbocycles. The van der Waals surface area contributed by atoms with Gasteiger partial charge in [-0.1, -0.05) is 20.3 Å². The third-order valence-corrected chi connectivity index (χ3v) is 3.77. The van der Waals surface area contributed by atoms with Gasteiger partial charge in [-0.05, 0) is 30.4 Å². The van der Waals surface area contributed by atoms with E-state index in [4.69, 9.17) is 9.47 Å². The number of ketones is 1. The van der Waals surface area contributed by atoms with Crippen molar-refractivity contribution in [3.8, 4) is 11.5 Å². The Balaban J connectivity index is 2.65. The minimum Gasteiger partial charge on any atom is -0.493 e. The first-order chi connectivity index (χ1) is 9.12. The van der Waals surface area contributed by atoms with E-state index in [-0.39, 0.29) is 5.78 Å². The third-order valence-electron chi connectivity index (χ3n) is 3.77. The molecule has 0 amide bonds. The topological polar surface area (TPSA) is 35.5 Å². The maximum atomic E-state index is 12.2. The Labute approximate surface area is 114 Å². The summed E-state index contributed by atoms with van der Waals surface area (Å²) in [6.45, 7) is 4.27. The lowest BCUT2D eigenvalue weighted by Crippen LogP contribution is -2.20. The first-order valence-electron chi connectivity index (χ1n) is 6.92. The van der Waals surface area contributed by atoms with Crippen molar-refractivity contribution in [1.29, 1.82) is 0 Å². The molecular weight excluding hydrogens is 240 g/mol. The molecule has 0 bridgehead atoms. The summed E-state index contributed by atoms with van der Waals surface area (Å²) in [4.78, 5) is 12.2. The van der Waals surface area contributed by atoms with Crippen molar-refractivity contribution in [1.82, 2.24) is 0 Å². The van der Waals surface area contributed by atoms with Crippen LogP contribution in [-0.4, -0.2) is 20.0 Å². The predicted octanol–water partition coefficient (Wildman–Crippen LogP) is 3.42. The third kappa shape index (κ3) is 2.46. The number of fused-ring (bicyclic) bond motifs is 1. The smallest absolute Gasteiger partial charge is 0.164 e. The average molecular weight is 262 g/mol. The molecule has 0 spiro atoms. The van der Waals surface area contributed by atoms with Gasteiger partial charge in [-0.25, -0.2) is 0 Å². The highest BCUT2D eigenvalue weighted by Crippen LogP contribution is 2.40. The van der Waals surface area contributed by atoms with Gasteiger partial charge in [-0.15, -0.1) is 0 Å². The van der Waals surface area contributed by atoms with Gasteiger partial charge in [0.2, 0.25) is 0 Å². The number of rotatable bonds is 4. The highest BCUT2D eigenvalue weighted by Gasteiger charge is 2.28. The Bertz CT molecular complexity index is 491. The monoisotopic (exact) mass is 262 g/mol. The lowest BCUT2D eigenvalue weighted by atomic mass is 9.80. The fourth-order valence-corrected chi connectivity index (χ4v) is 2.95. The Morgan fingerprint density at radius 3 is 2.58 bits per heavy atom. The van der Waals surface area contributed by atoms with E-state index in [9.17, 15) is 4.79 Å². The van der Waals surface area contributed by atoms with E-state index < -0.39 is 0 Å². The summed E-state index contributed by atoms with van der Waals surface area (Å²) < 4.78 is 10.9. The SMILES string of the molecule is CCCc1c2c(cc(OC)c1OC)C(=O)CC(C)C2. The fraction of sp³-hybridized carbons (Fsp3) is 0.562. The molecule has 0 radical (unpaired) electrons. The van der Waals surface area contributed by atoms with Crippen LogP contribution in [0.4, 0.5) is 0 Å². The molecule has 1 unspecified atom stereocenters. The molecule has 3 nitrogen and oxygen atoms in total. The second kappa shape index (κ2) is 5.64. The van der Waals surface area contributed by atoms with Crippen LogP contribution in [-0.2, 0) is 12.8 Å². The molecule has 1 atom stereocenters. The molecule has 1 aliphatic carbocycles. The van der Waals surface area contributed by atoms with Crippen molar-refractivity contribution in [2.45, 2.75) is 39.5 Å². The van der Waals surface area contributed by atoms with Crippen molar-refractivity contribution >= 4 is 5.78 Å². The normalized spacial score (nSPS) is 18.1. The molecule has 19 heavy (non-hydrogen) atoms. The Kier molecular flexibility index (Phi) is 4.13. The second-order valence-corrected chi connectivity index (χ2v) is 5.30. The molecule has 0 saturated heterocycles. The second-order valence-electron chi connectivity index (χ2n) is 5.30. The molecule has 1 aromatic rings. The predicted molar refractivity (Wildman–Crippen MR) is 75.4 cm³/mol. The van der Waals surface area contributed by atoms with E-state index in [1.165, 1.54) is 5.56 Å². The molecule has 3 heteroatoms. The van der Waals surface area contributed by atoms with E-state index in [0.29, 0.717) is 18.1 Å². The van der Waals surface area contributed by atoms with Crippen LogP contribution < -0.4 is 9.47 Å². The van der Waals surface area contributed by atoms with Crippen LogP contribution in [0, 0.1) is 5.92 Å². The van der Waals surface area contributed by atoms with Gasteiger partial charge in [0.1, 0.15) is 0 Å². The average Bonchev–Trinajstić information content (AvgIpc) is 2.39. The van der Waals surface area contributed by atoms with Crippen LogP contribution in [0.25, 0.3) is 0 Å². The van der Waals surface area contributed by atoms with Crippen molar-refractivity contribution in [2.24, 2.45) is 5.92 Å². The number of hydrogen-bond acceptors (Lipinski definition) is 3. The molecule has 0 heterocycles. The van der Waals surface area contributed by atoms with E-state index >= 15 is 0 Å². The molecule has 2 rings (SSSR count). The van der Waals surface area contributed by atoms with Crippen molar-refractivity contribution in [3.63, 3.8) is 0 Å². The Morgan fingerprint density at radius 2 is 2.00 bits per heavy atom. The van der Waals surface area contributed by atoms with Gasteiger partial charge in [0.25, 0.3) is 0 Å². The molecule has 0 saturated carbocycles. The molecular formula is C16H22O3. The number of ether oxygens (including phenoxy) is 2. The zero-order chi connectivity index (χ0) is 14.0. The first-order valence-corrected chi connectivity index (χ1v) is 6.92. The molecule has 0 aromatic heterocycles. The lowest BCUT2D eigenvalue weighted by molar-refractivity contribution is 0.0952. The number of Topliss-reactive ketones (excluding diaryl/α,β-unsaturated/α-hetero) is 1. The molecule has 104 valence electrons. The number of carbonyl (C=O) groups excluding carboxylic acids is 1. The van der Waals surface area contributed by atoms with E-state index in [0.717, 1.165) is 36.1 Å². The zero-order valence-electron chi connectivity index (χ0n) is 12.2. The molecule has 1 aliphatic rings. The Hall–Kier alpha value is -1.51. The highest BCUT2D eigenvalue weighted by atomic mass is 16.5. The number of carbonyl (C=O) groups is 1. The molecule has 0 aliphatic heterocycles. The summed E-state index contributed by atoms with van der Waals surface area (Å²) in [7, 11) is 3.29. The zero-order valence-corrected chi connectivity index (χ0v) is 12.2. The van der Waals surface area contributed by atoms with Crippen LogP contribution in [0.3, 0.4) is 0 Å². The van der Waals surface area contributed by atoms with Crippen molar-refractivity contribution in [3.05, 3.63) is 22.8 Å². The van der Waals surface area contributed by atoms with Crippen LogP contribution in [0.5, 0.6) is 11.5 Å². The van der Waals surface area contributed by atoms with E-state index in [2.05, 4.69) is 13.8 Å². The van der Waals surface area contributed by atoms with Gasteiger partial charge in [0.05, 0.1) is 14.2 Å². The maximum absolute atomic E-state index is 12.2. The van der Waals surface area contributed by atoms with Crippen LogP contribution in [0.2, 0.25) is 0 Å². The van der Waals surface area contributed by atoms with Crippen LogP contribution in [0.1, 0.15) is 48.2 Å². The summed E-state index contributed by atoms with van der Waals surface area (Å²) in [5.74, 6) is 2.11. The van der Waals surface area contributed by atoms with Gasteiger partial charge in [-0.3, -0.25) is 4.79 Å². The standard InChI is InChI=1S/C16H22O3/c1-5-6-11-12-7-10(2)8-14(17)13(12)9-15(18-3)16(11)19-4/h9-10H,5-8H2,1-4H3. The van der Waals surface area contributed by atoms with Gasteiger partial charge >= 0.3 is 0 Å². The van der Waals surface area contributed by atoms with Gasteiger partial charge < -0.3 is 9.47 Å². The van der Waals surface area contributed by atoms with Gasteiger partial charge in [0, 0.05) is 17.5 Å². The summed E-state index contributed by atoms with van der Waals surface area (Å²) >= 11 is 0. The first kappa shape index (κ1) is 13.9. The minimum atomic E-state index is 0.229. The fourth-order valence-electron chi connectivity index (χ4n) is 2.95. The minimum absolute atomic E-state index is 0.229. The largest absolute Gasteiger partial charge is 0.493 e.